The fourth-order valence-corrected chi connectivity index (χ4v) is 2.60. The second-order valence-corrected chi connectivity index (χ2v) is 7.56. The van der Waals surface area contributed by atoms with E-state index in [9.17, 15) is 18.0 Å². The van der Waals surface area contributed by atoms with E-state index in [4.69, 9.17) is 5.11 Å². The van der Waals surface area contributed by atoms with E-state index in [0.29, 0.717) is 12.8 Å². The number of aliphatic carboxylic acids is 1. The smallest absolute Gasteiger partial charge is 0.326 e. The van der Waals surface area contributed by atoms with Gasteiger partial charge in [-0.15, -0.1) is 0 Å². The monoisotopic (exact) mass is 322 g/mol. The molecule has 0 aromatic rings. The zero-order valence-electron chi connectivity index (χ0n) is 13.2. The number of amides is 1. The van der Waals surface area contributed by atoms with Gasteiger partial charge in [-0.1, -0.05) is 34.1 Å². The van der Waals surface area contributed by atoms with Crippen LogP contribution in [0.15, 0.2) is 0 Å². The molecule has 0 radical (unpaired) electrons. The zero-order chi connectivity index (χ0) is 16.8. The third-order valence-electron chi connectivity index (χ3n) is 3.16. The highest BCUT2D eigenvalue weighted by molar-refractivity contribution is 7.88. The standard InChI is InChI=1S/C13H26N2O5S/c1-6-9(4)11(13(17)18)14-12(16)10(7-8(2)3)15-21(5,19)20/h8-11,15H,6-7H2,1-5H3,(H,14,16)(H,17,18). The van der Waals surface area contributed by atoms with Crippen LogP contribution in [0.2, 0.25) is 0 Å². The Bertz CT molecular complexity index is 461. The van der Waals surface area contributed by atoms with E-state index in [1.54, 1.807) is 6.92 Å². The number of carbonyl (C=O) groups excluding carboxylic acids is 1. The Hall–Kier alpha value is -1.15. The van der Waals surface area contributed by atoms with Crippen LogP contribution in [0.25, 0.3) is 0 Å². The number of hydrogen-bond donors (Lipinski definition) is 3. The Morgan fingerprint density at radius 2 is 1.71 bits per heavy atom. The molecule has 0 aliphatic carbocycles. The molecule has 0 aliphatic rings. The first kappa shape index (κ1) is 19.9. The van der Waals surface area contributed by atoms with Crippen LogP contribution in [0.4, 0.5) is 0 Å². The van der Waals surface area contributed by atoms with Gasteiger partial charge in [-0.2, -0.15) is 0 Å². The van der Waals surface area contributed by atoms with Crippen LogP contribution in [0.3, 0.4) is 0 Å². The number of hydrogen-bond acceptors (Lipinski definition) is 4. The molecule has 1 amide bonds. The molecule has 0 aromatic carbocycles. The van der Waals surface area contributed by atoms with E-state index in [-0.39, 0.29) is 11.8 Å². The molecule has 3 atom stereocenters. The summed E-state index contributed by atoms with van der Waals surface area (Å²) in [4.78, 5) is 23.4. The molecule has 0 saturated carbocycles. The van der Waals surface area contributed by atoms with Gasteiger partial charge in [0.2, 0.25) is 15.9 Å². The van der Waals surface area contributed by atoms with E-state index < -0.39 is 34.0 Å². The fourth-order valence-electron chi connectivity index (χ4n) is 1.88. The number of sulfonamides is 1. The molecule has 21 heavy (non-hydrogen) atoms. The van der Waals surface area contributed by atoms with Crippen molar-refractivity contribution >= 4 is 21.9 Å². The number of carboxylic acid groups (broad SMARTS) is 1. The lowest BCUT2D eigenvalue weighted by Gasteiger charge is -2.24. The number of carboxylic acids is 1. The quantitative estimate of drug-likeness (QED) is 0.574. The van der Waals surface area contributed by atoms with Crippen LogP contribution in [-0.2, 0) is 19.6 Å². The molecule has 8 heteroatoms. The van der Waals surface area contributed by atoms with Crippen LogP contribution < -0.4 is 10.0 Å². The molecule has 3 N–H and O–H groups in total. The lowest BCUT2D eigenvalue weighted by atomic mass is 9.98. The first-order valence-electron chi connectivity index (χ1n) is 6.98. The summed E-state index contributed by atoms with van der Waals surface area (Å²) in [5.74, 6) is -1.89. The molecule has 0 fully saturated rings. The van der Waals surface area contributed by atoms with Gasteiger partial charge in [0.15, 0.2) is 0 Å². The molecule has 0 bridgehead atoms. The van der Waals surface area contributed by atoms with Gasteiger partial charge in [0.05, 0.1) is 6.26 Å². The van der Waals surface area contributed by atoms with E-state index in [1.807, 2.05) is 20.8 Å². The van der Waals surface area contributed by atoms with E-state index in [1.165, 1.54) is 0 Å². The van der Waals surface area contributed by atoms with Crippen LogP contribution in [0.5, 0.6) is 0 Å². The van der Waals surface area contributed by atoms with Crippen LogP contribution >= 0.6 is 0 Å². The van der Waals surface area contributed by atoms with Crippen molar-refractivity contribution in [3.63, 3.8) is 0 Å². The summed E-state index contributed by atoms with van der Waals surface area (Å²) in [6.45, 7) is 7.26. The Kier molecular flexibility index (Phi) is 7.87. The van der Waals surface area contributed by atoms with Gasteiger partial charge < -0.3 is 10.4 Å². The number of nitrogens with one attached hydrogen (secondary N) is 2. The lowest BCUT2D eigenvalue weighted by Crippen LogP contribution is -2.53. The molecule has 0 saturated heterocycles. The fraction of sp³-hybridized carbons (Fsp3) is 0.846. The average Bonchev–Trinajstić information content (AvgIpc) is 2.31. The van der Waals surface area contributed by atoms with Crippen molar-refractivity contribution in [1.29, 1.82) is 0 Å². The van der Waals surface area contributed by atoms with Gasteiger partial charge in [0.1, 0.15) is 12.1 Å². The van der Waals surface area contributed by atoms with Gasteiger partial charge in [-0.25, -0.2) is 17.9 Å². The van der Waals surface area contributed by atoms with Crippen molar-refractivity contribution in [2.24, 2.45) is 11.8 Å². The SMILES string of the molecule is CCC(C)C(NC(=O)C(CC(C)C)NS(C)(=O)=O)C(=O)O. The highest BCUT2D eigenvalue weighted by Crippen LogP contribution is 2.11. The third-order valence-corrected chi connectivity index (χ3v) is 3.87. The maximum absolute atomic E-state index is 12.2. The van der Waals surface area contributed by atoms with Gasteiger partial charge in [-0.05, 0) is 18.3 Å². The lowest BCUT2D eigenvalue weighted by molar-refractivity contribution is -0.143. The average molecular weight is 322 g/mol. The normalized spacial score (nSPS) is 16.3. The summed E-state index contributed by atoms with van der Waals surface area (Å²) in [6.07, 6.45) is 1.86. The summed E-state index contributed by atoms with van der Waals surface area (Å²) in [7, 11) is -3.55. The molecule has 0 aliphatic heterocycles. The zero-order valence-corrected chi connectivity index (χ0v) is 14.0. The van der Waals surface area contributed by atoms with Crippen molar-refractivity contribution < 1.29 is 23.1 Å². The van der Waals surface area contributed by atoms with Crippen LogP contribution in [0, 0.1) is 11.8 Å². The van der Waals surface area contributed by atoms with E-state index in [2.05, 4.69) is 10.0 Å². The van der Waals surface area contributed by atoms with Gasteiger partial charge in [-0.3, -0.25) is 4.79 Å². The second-order valence-electron chi connectivity index (χ2n) is 5.78. The molecule has 7 nitrogen and oxygen atoms in total. The minimum Gasteiger partial charge on any atom is -0.480 e. The summed E-state index contributed by atoms with van der Waals surface area (Å²) in [5.41, 5.74) is 0. The van der Waals surface area contributed by atoms with E-state index in [0.717, 1.165) is 6.26 Å². The van der Waals surface area contributed by atoms with E-state index >= 15 is 0 Å². The molecule has 0 rings (SSSR count). The molecular formula is C13H26N2O5S. The van der Waals surface area contributed by atoms with Crippen molar-refractivity contribution in [1.82, 2.24) is 10.0 Å². The topological polar surface area (TPSA) is 113 Å². The van der Waals surface area contributed by atoms with Crippen molar-refractivity contribution in [2.45, 2.75) is 52.6 Å². The highest BCUT2D eigenvalue weighted by Gasteiger charge is 2.30. The molecule has 0 aromatic heterocycles. The van der Waals surface area contributed by atoms with Gasteiger partial charge >= 0.3 is 5.97 Å². The van der Waals surface area contributed by atoms with Crippen molar-refractivity contribution in [3.8, 4) is 0 Å². The molecular weight excluding hydrogens is 296 g/mol. The van der Waals surface area contributed by atoms with Crippen LogP contribution in [-0.4, -0.2) is 43.7 Å². The first-order valence-corrected chi connectivity index (χ1v) is 8.87. The summed E-state index contributed by atoms with van der Waals surface area (Å²) < 4.78 is 24.9. The number of rotatable bonds is 9. The Labute approximate surface area is 126 Å². The van der Waals surface area contributed by atoms with Crippen molar-refractivity contribution in [3.05, 3.63) is 0 Å². The minimum absolute atomic E-state index is 0.0851. The predicted molar refractivity (Wildman–Crippen MR) is 80.2 cm³/mol. The molecule has 3 unspecified atom stereocenters. The third kappa shape index (κ3) is 8.01. The summed E-state index contributed by atoms with van der Waals surface area (Å²) in [5, 5.41) is 11.6. The Morgan fingerprint density at radius 1 is 1.19 bits per heavy atom. The predicted octanol–water partition coefficient (Wildman–Crippen LogP) is 0.566. The maximum Gasteiger partial charge on any atom is 0.326 e. The Balaban J connectivity index is 5.05. The molecule has 0 spiro atoms. The molecule has 0 heterocycles. The molecule has 124 valence electrons. The van der Waals surface area contributed by atoms with Gasteiger partial charge in [0, 0.05) is 0 Å². The first-order chi connectivity index (χ1) is 9.47. The van der Waals surface area contributed by atoms with Crippen LogP contribution in [0.1, 0.15) is 40.5 Å². The minimum atomic E-state index is -3.55. The number of carbonyl (C=O) groups is 2. The largest absolute Gasteiger partial charge is 0.480 e. The second kappa shape index (κ2) is 8.33. The maximum atomic E-state index is 12.2. The van der Waals surface area contributed by atoms with Crippen molar-refractivity contribution in [2.75, 3.05) is 6.26 Å². The van der Waals surface area contributed by atoms with Gasteiger partial charge in [0.25, 0.3) is 0 Å². The summed E-state index contributed by atoms with van der Waals surface area (Å²) in [6, 6.07) is -2.00. The summed E-state index contributed by atoms with van der Waals surface area (Å²) >= 11 is 0. The highest BCUT2D eigenvalue weighted by atomic mass is 32.2. The Morgan fingerprint density at radius 3 is 2.05 bits per heavy atom.